The summed E-state index contributed by atoms with van der Waals surface area (Å²) in [5, 5.41) is 7.59. The topological polar surface area (TPSA) is 128 Å². The van der Waals surface area contributed by atoms with Crippen LogP contribution >= 0.6 is 0 Å². The number of nitrogens with zero attached hydrogens (tertiary/aromatic N) is 6. The van der Waals surface area contributed by atoms with Gasteiger partial charge in [0.05, 0.1) is 12.2 Å². The Balaban J connectivity index is 1.56. The van der Waals surface area contributed by atoms with Gasteiger partial charge in [-0.1, -0.05) is 0 Å². The van der Waals surface area contributed by atoms with Crippen molar-refractivity contribution in [3.63, 3.8) is 0 Å². The molecule has 30 heavy (non-hydrogen) atoms. The molecule has 0 bridgehead atoms. The van der Waals surface area contributed by atoms with E-state index >= 15 is 0 Å². The van der Waals surface area contributed by atoms with Crippen LogP contribution in [0.4, 0.5) is 20.8 Å². The molecule has 1 saturated heterocycles. The molecule has 0 spiro atoms. The molecule has 0 atom stereocenters. The van der Waals surface area contributed by atoms with Crippen molar-refractivity contribution in [2.24, 2.45) is 0 Å². The first-order chi connectivity index (χ1) is 14.5. The third-order valence-corrected chi connectivity index (χ3v) is 4.55. The zero-order valence-corrected chi connectivity index (χ0v) is 16.9. The van der Waals surface area contributed by atoms with Crippen LogP contribution in [0.2, 0.25) is 0 Å². The summed E-state index contributed by atoms with van der Waals surface area (Å²) in [4.78, 5) is 43.3. The molecular formula is C18H24FN9O2. The van der Waals surface area contributed by atoms with Crippen molar-refractivity contribution < 1.29 is 14.0 Å². The quantitative estimate of drug-likeness (QED) is 0.570. The first-order valence-corrected chi connectivity index (χ1v) is 9.58. The van der Waals surface area contributed by atoms with Gasteiger partial charge in [-0.05, 0) is 19.1 Å². The Hall–Kier alpha value is -3.41. The van der Waals surface area contributed by atoms with Gasteiger partial charge in [-0.2, -0.15) is 9.37 Å². The first kappa shape index (κ1) is 21.3. The molecular weight excluding hydrogens is 393 g/mol. The van der Waals surface area contributed by atoms with Crippen LogP contribution in [0, 0.1) is 5.95 Å². The number of nitrogens with one attached hydrogen (secondary N) is 3. The zero-order chi connectivity index (χ0) is 21.5. The smallest absolute Gasteiger partial charge is 0.321 e. The number of carbonyl (C=O) groups is 2. The van der Waals surface area contributed by atoms with Gasteiger partial charge in [-0.25, -0.2) is 19.7 Å². The highest BCUT2D eigenvalue weighted by Gasteiger charge is 2.22. The number of hydrogen-bond acceptors (Lipinski definition) is 8. The van der Waals surface area contributed by atoms with Crippen molar-refractivity contribution in [1.82, 2.24) is 35.5 Å². The highest BCUT2D eigenvalue weighted by Crippen LogP contribution is 2.20. The second-order valence-corrected chi connectivity index (χ2v) is 6.56. The fourth-order valence-corrected chi connectivity index (χ4v) is 3.04. The minimum absolute atomic E-state index is 0.0456. The summed E-state index contributed by atoms with van der Waals surface area (Å²) in [5.74, 6) is -0.367. The van der Waals surface area contributed by atoms with E-state index in [1.165, 1.54) is 19.4 Å². The van der Waals surface area contributed by atoms with Gasteiger partial charge in [-0.3, -0.25) is 15.0 Å². The van der Waals surface area contributed by atoms with Gasteiger partial charge in [0.2, 0.25) is 11.9 Å². The molecule has 1 fully saturated rings. The Labute approximate surface area is 173 Å². The molecule has 3 rings (SSSR count). The molecule has 0 aromatic carbocycles. The van der Waals surface area contributed by atoms with Crippen LogP contribution in [0.25, 0.3) is 0 Å². The van der Waals surface area contributed by atoms with Crippen LogP contribution in [0.5, 0.6) is 0 Å². The van der Waals surface area contributed by atoms with E-state index < -0.39 is 11.9 Å². The third-order valence-electron chi connectivity index (χ3n) is 4.55. The van der Waals surface area contributed by atoms with Gasteiger partial charge in [0, 0.05) is 39.8 Å². The molecule has 3 amide bonds. The van der Waals surface area contributed by atoms with Crippen LogP contribution in [0.15, 0.2) is 18.5 Å². The Morgan fingerprint density at radius 2 is 1.90 bits per heavy atom. The second kappa shape index (κ2) is 9.87. The molecule has 3 N–H and O–H groups in total. The number of halogens is 1. The lowest BCUT2D eigenvalue weighted by molar-refractivity contribution is 0.0957. The van der Waals surface area contributed by atoms with Gasteiger partial charge in [0.25, 0.3) is 5.91 Å². The van der Waals surface area contributed by atoms with E-state index in [0.717, 1.165) is 0 Å². The normalized spacial score (nSPS) is 14.3. The molecule has 0 aliphatic carbocycles. The highest BCUT2D eigenvalue weighted by molar-refractivity contribution is 5.92. The van der Waals surface area contributed by atoms with Gasteiger partial charge in [0.1, 0.15) is 17.8 Å². The number of aromatic nitrogens is 4. The minimum Gasteiger partial charge on any atom is -0.365 e. The molecule has 160 valence electrons. The Bertz CT molecular complexity index is 903. The van der Waals surface area contributed by atoms with Gasteiger partial charge < -0.3 is 15.5 Å². The number of rotatable bonds is 6. The summed E-state index contributed by atoms with van der Waals surface area (Å²) in [6, 6.07) is 2.72. The molecule has 3 heterocycles. The Morgan fingerprint density at radius 3 is 2.57 bits per heavy atom. The van der Waals surface area contributed by atoms with Crippen LogP contribution in [0.1, 0.15) is 23.2 Å². The van der Waals surface area contributed by atoms with E-state index in [0.29, 0.717) is 50.8 Å². The Kier molecular flexibility index (Phi) is 7.01. The lowest BCUT2D eigenvalue weighted by atomic mass is 10.2. The van der Waals surface area contributed by atoms with Crippen molar-refractivity contribution in [2.45, 2.75) is 13.5 Å². The monoisotopic (exact) mass is 417 g/mol. The zero-order valence-electron chi connectivity index (χ0n) is 16.9. The van der Waals surface area contributed by atoms with E-state index in [4.69, 9.17) is 0 Å². The Morgan fingerprint density at radius 1 is 1.13 bits per heavy atom. The number of pyridine rings is 1. The number of hydrogen-bond donors (Lipinski definition) is 3. The fraction of sp³-hybridized carbons (Fsp3) is 0.444. The molecule has 2 aromatic heterocycles. The molecule has 12 heteroatoms. The van der Waals surface area contributed by atoms with E-state index in [1.54, 1.807) is 6.07 Å². The largest absolute Gasteiger partial charge is 0.365 e. The number of piperazine rings is 1. The van der Waals surface area contributed by atoms with Crippen LogP contribution in [-0.4, -0.2) is 76.5 Å². The summed E-state index contributed by atoms with van der Waals surface area (Å²) in [6.45, 7) is 5.31. The molecule has 0 unspecified atom stereocenters. The van der Waals surface area contributed by atoms with Crippen molar-refractivity contribution in [2.75, 3.05) is 50.0 Å². The molecule has 1 aliphatic rings. The van der Waals surface area contributed by atoms with E-state index in [-0.39, 0.29) is 17.7 Å². The summed E-state index contributed by atoms with van der Waals surface area (Å²) < 4.78 is 14.4. The van der Waals surface area contributed by atoms with Gasteiger partial charge >= 0.3 is 6.03 Å². The van der Waals surface area contributed by atoms with Crippen molar-refractivity contribution in [3.05, 3.63) is 35.9 Å². The lowest BCUT2D eigenvalue weighted by Gasteiger charge is -2.35. The number of urea groups is 1. The molecule has 0 radical (unpaired) electrons. The third kappa shape index (κ3) is 5.35. The van der Waals surface area contributed by atoms with Crippen LogP contribution in [0.3, 0.4) is 0 Å². The second-order valence-electron chi connectivity index (χ2n) is 6.56. The predicted octanol–water partition coefficient (Wildman–Crippen LogP) is 0.229. The van der Waals surface area contributed by atoms with E-state index in [9.17, 15) is 14.0 Å². The average molecular weight is 417 g/mol. The maximum atomic E-state index is 14.4. The lowest BCUT2D eigenvalue weighted by Crippen LogP contribution is -2.46. The SMILES string of the molecule is CCNC(=O)Nc1ncnc(CN2CCN(c3ccc(C(=O)NC)nc3F)CC2)n1. The van der Waals surface area contributed by atoms with Crippen molar-refractivity contribution in [3.8, 4) is 0 Å². The molecule has 0 saturated carbocycles. The number of anilines is 2. The summed E-state index contributed by atoms with van der Waals surface area (Å²) in [7, 11) is 1.47. The molecule has 11 nitrogen and oxygen atoms in total. The standard InChI is InChI=1S/C18H24FN9O2/c1-3-21-18(30)26-17-23-11-22-14(25-17)10-27-6-8-28(9-7-27)13-5-4-12(16(29)20-2)24-15(13)19/h4-5,11H,3,6-10H2,1-2H3,(H,20,29)(H2,21,22,23,25,26,30). The summed E-state index contributed by atoms with van der Waals surface area (Å²) in [5.41, 5.74) is 0.417. The van der Waals surface area contributed by atoms with Crippen molar-refractivity contribution >= 4 is 23.6 Å². The molecule has 1 aliphatic heterocycles. The van der Waals surface area contributed by atoms with Gasteiger partial charge in [0.15, 0.2) is 0 Å². The summed E-state index contributed by atoms with van der Waals surface area (Å²) >= 11 is 0. The van der Waals surface area contributed by atoms with Crippen LogP contribution in [-0.2, 0) is 6.54 Å². The predicted molar refractivity (Wildman–Crippen MR) is 108 cm³/mol. The maximum Gasteiger partial charge on any atom is 0.321 e. The molecule has 2 aromatic rings. The minimum atomic E-state index is -0.664. The average Bonchev–Trinajstić information content (AvgIpc) is 2.74. The van der Waals surface area contributed by atoms with Crippen LogP contribution < -0.4 is 20.9 Å². The maximum absolute atomic E-state index is 14.4. The van der Waals surface area contributed by atoms with Gasteiger partial charge in [-0.15, -0.1) is 0 Å². The number of carbonyl (C=O) groups excluding carboxylic acids is 2. The summed E-state index contributed by atoms with van der Waals surface area (Å²) in [6.07, 6.45) is 1.36. The number of amides is 3. The van der Waals surface area contributed by atoms with E-state index in [1.807, 2.05) is 11.8 Å². The van der Waals surface area contributed by atoms with Crippen molar-refractivity contribution in [1.29, 1.82) is 0 Å². The first-order valence-electron chi connectivity index (χ1n) is 9.58. The highest BCUT2D eigenvalue weighted by atomic mass is 19.1. The van der Waals surface area contributed by atoms with E-state index in [2.05, 4.69) is 40.8 Å². The fourth-order valence-electron chi connectivity index (χ4n) is 3.04.